The summed E-state index contributed by atoms with van der Waals surface area (Å²) in [6.07, 6.45) is 0. The molecule has 0 aliphatic rings. The molecule has 0 saturated carbocycles. The fourth-order valence-corrected chi connectivity index (χ4v) is 1.61. The minimum absolute atomic E-state index is 0.253. The largest absolute Gasteiger partial charge is 0.345 e. The van der Waals surface area contributed by atoms with Gasteiger partial charge < -0.3 is 4.53 Å². The van der Waals surface area contributed by atoms with Gasteiger partial charge in [0.05, 0.1) is 6.04 Å². The van der Waals surface area contributed by atoms with Crippen LogP contribution in [0.15, 0.2) is 30.3 Å². The van der Waals surface area contributed by atoms with Crippen LogP contribution >= 0.6 is 0 Å². The molecule has 0 saturated heterocycles. The maximum absolute atomic E-state index is 5.63. The summed E-state index contributed by atoms with van der Waals surface area (Å²) < 4.78 is 5.63. The van der Waals surface area contributed by atoms with Crippen molar-refractivity contribution in [1.82, 2.24) is 5.48 Å². The van der Waals surface area contributed by atoms with Gasteiger partial charge in [-0.25, -0.2) is 5.48 Å². The van der Waals surface area contributed by atoms with Gasteiger partial charge in [0.15, 0.2) is 0 Å². The molecule has 14 heavy (non-hydrogen) atoms. The fourth-order valence-electron chi connectivity index (χ4n) is 1.07. The van der Waals surface area contributed by atoms with Crippen molar-refractivity contribution in [3.8, 4) is 0 Å². The number of hydrogen-bond donors (Lipinski definition) is 1. The van der Waals surface area contributed by atoms with Gasteiger partial charge in [0.25, 0.3) is 0 Å². The first-order chi connectivity index (χ1) is 6.49. The Morgan fingerprint density at radius 3 is 2.21 bits per heavy atom. The Morgan fingerprint density at radius 2 is 1.71 bits per heavy atom. The molecule has 1 N–H and O–H groups in total. The van der Waals surface area contributed by atoms with Crippen LogP contribution in [0.1, 0.15) is 18.5 Å². The van der Waals surface area contributed by atoms with Crippen molar-refractivity contribution < 1.29 is 4.53 Å². The predicted molar refractivity (Wildman–Crippen MR) is 62.4 cm³/mol. The van der Waals surface area contributed by atoms with Crippen LogP contribution < -0.4 is 5.48 Å². The first-order valence-corrected chi connectivity index (χ1v) is 8.38. The van der Waals surface area contributed by atoms with Crippen molar-refractivity contribution in [1.29, 1.82) is 0 Å². The maximum atomic E-state index is 5.63. The molecule has 0 fully saturated rings. The van der Waals surface area contributed by atoms with E-state index in [4.69, 9.17) is 4.53 Å². The van der Waals surface area contributed by atoms with E-state index in [9.17, 15) is 0 Å². The Kier molecular flexibility index (Phi) is 3.86. The zero-order chi connectivity index (χ0) is 10.6. The molecular formula is C11H19NOSi. The van der Waals surface area contributed by atoms with E-state index in [2.05, 4.69) is 44.2 Å². The molecule has 0 amide bonds. The molecule has 1 unspecified atom stereocenters. The first-order valence-electron chi connectivity index (χ1n) is 4.97. The number of nitrogens with one attached hydrogen (secondary N) is 1. The van der Waals surface area contributed by atoms with Crippen molar-refractivity contribution in [3.63, 3.8) is 0 Å². The Balaban J connectivity index is 2.48. The molecule has 1 aromatic rings. The highest BCUT2D eigenvalue weighted by molar-refractivity contribution is 6.69. The normalized spacial score (nSPS) is 14.0. The summed E-state index contributed by atoms with van der Waals surface area (Å²) in [7, 11) is -1.46. The van der Waals surface area contributed by atoms with Crippen LogP contribution in [0.5, 0.6) is 0 Å². The highest BCUT2D eigenvalue weighted by Gasteiger charge is 2.16. The molecule has 1 aromatic carbocycles. The van der Waals surface area contributed by atoms with Crippen molar-refractivity contribution in [3.05, 3.63) is 35.9 Å². The number of benzene rings is 1. The van der Waals surface area contributed by atoms with Crippen LogP contribution in [-0.2, 0) is 4.53 Å². The molecule has 0 aliphatic carbocycles. The summed E-state index contributed by atoms with van der Waals surface area (Å²) in [5, 5.41) is 0. The van der Waals surface area contributed by atoms with E-state index in [1.807, 2.05) is 18.2 Å². The summed E-state index contributed by atoms with van der Waals surface area (Å²) in [6.45, 7) is 8.60. The summed E-state index contributed by atoms with van der Waals surface area (Å²) in [6, 6.07) is 10.6. The Bertz CT molecular complexity index is 268. The van der Waals surface area contributed by atoms with Crippen LogP contribution in [-0.4, -0.2) is 8.32 Å². The molecule has 0 aromatic heterocycles. The van der Waals surface area contributed by atoms with Crippen molar-refractivity contribution >= 4 is 8.32 Å². The van der Waals surface area contributed by atoms with Gasteiger partial charge in [-0.1, -0.05) is 30.3 Å². The van der Waals surface area contributed by atoms with Crippen LogP contribution in [0.3, 0.4) is 0 Å². The van der Waals surface area contributed by atoms with Gasteiger partial charge in [-0.2, -0.15) is 0 Å². The monoisotopic (exact) mass is 209 g/mol. The lowest BCUT2D eigenvalue weighted by molar-refractivity contribution is 0.154. The number of hydrogen-bond acceptors (Lipinski definition) is 2. The maximum Gasteiger partial charge on any atom is 0.211 e. The molecule has 0 radical (unpaired) electrons. The van der Waals surface area contributed by atoms with Gasteiger partial charge in [-0.15, -0.1) is 0 Å². The average Bonchev–Trinajstić information content (AvgIpc) is 2.14. The molecule has 2 nitrogen and oxygen atoms in total. The van der Waals surface area contributed by atoms with Gasteiger partial charge in [0, 0.05) is 0 Å². The Labute approximate surface area is 87.4 Å². The smallest absolute Gasteiger partial charge is 0.211 e. The highest BCUT2D eigenvalue weighted by Crippen LogP contribution is 2.12. The number of rotatable bonds is 4. The van der Waals surface area contributed by atoms with Crippen molar-refractivity contribution in [2.24, 2.45) is 0 Å². The molecule has 78 valence electrons. The van der Waals surface area contributed by atoms with E-state index >= 15 is 0 Å². The summed E-state index contributed by atoms with van der Waals surface area (Å²) >= 11 is 0. The third-order valence-corrected chi connectivity index (χ3v) is 2.57. The van der Waals surface area contributed by atoms with Crippen molar-refractivity contribution in [2.45, 2.75) is 32.6 Å². The van der Waals surface area contributed by atoms with E-state index in [1.165, 1.54) is 5.56 Å². The van der Waals surface area contributed by atoms with Crippen LogP contribution in [0.25, 0.3) is 0 Å². The van der Waals surface area contributed by atoms with E-state index in [-0.39, 0.29) is 6.04 Å². The predicted octanol–water partition coefficient (Wildman–Crippen LogP) is 3.10. The molecule has 0 aliphatic heterocycles. The second-order valence-electron chi connectivity index (χ2n) is 4.46. The van der Waals surface area contributed by atoms with Crippen LogP contribution in [0, 0.1) is 0 Å². The first kappa shape index (κ1) is 11.4. The molecule has 0 spiro atoms. The van der Waals surface area contributed by atoms with Gasteiger partial charge in [0.2, 0.25) is 8.32 Å². The molecular weight excluding hydrogens is 190 g/mol. The van der Waals surface area contributed by atoms with Crippen LogP contribution in [0.4, 0.5) is 0 Å². The standard InChI is InChI=1S/C11H19NOSi/c1-10(12-13-14(2,3)4)11-8-6-5-7-9-11/h5-10,12H,1-4H3. The summed E-state index contributed by atoms with van der Waals surface area (Å²) in [4.78, 5) is 0. The molecule has 1 atom stereocenters. The Morgan fingerprint density at radius 1 is 1.14 bits per heavy atom. The molecule has 0 heterocycles. The lowest BCUT2D eigenvalue weighted by Crippen LogP contribution is -2.34. The summed E-state index contributed by atoms with van der Waals surface area (Å²) in [5.41, 5.74) is 4.36. The van der Waals surface area contributed by atoms with Crippen molar-refractivity contribution in [2.75, 3.05) is 0 Å². The second-order valence-corrected chi connectivity index (χ2v) is 8.89. The van der Waals surface area contributed by atoms with Crippen LogP contribution in [0.2, 0.25) is 19.6 Å². The van der Waals surface area contributed by atoms with Gasteiger partial charge >= 0.3 is 0 Å². The zero-order valence-corrected chi connectivity index (χ0v) is 10.4. The minimum Gasteiger partial charge on any atom is -0.345 e. The quantitative estimate of drug-likeness (QED) is 0.608. The molecule has 0 bridgehead atoms. The fraction of sp³-hybridized carbons (Fsp3) is 0.455. The topological polar surface area (TPSA) is 21.3 Å². The van der Waals surface area contributed by atoms with E-state index < -0.39 is 8.32 Å². The van der Waals surface area contributed by atoms with Gasteiger partial charge in [-0.3, -0.25) is 0 Å². The lowest BCUT2D eigenvalue weighted by atomic mass is 10.1. The van der Waals surface area contributed by atoms with E-state index in [1.54, 1.807) is 0 Å². The third-order valence-electron chi connectivity index (χ3n) is 1.84. The average molecular weight is 209 g/mol. The van der Waals surface area contributed by atoms with Gasteiger partial charge in [-0.05, 0) is 32.1 Å². The van der Waals surface area contributed by atoms with E-state index in [0.717, 1.165) is 0 Å². The summed E-state index contributed by atoms with van der Waals surface area (Å²) in [5.74, 6) is 0. The highest BCUT2D eigenvalue weighted by atomic mass is 28.4. The van der Waals surface area contributed by atoms with Gasteiger partial charge in [0.1, 0.15) is 0 Å². The SMILES string of the molecule is CC(NO[Si](C)(C)C)c1ccccc1. The second kappa shape index (κ2) is 4.73. The molecule has 3 heteroatoms. The minimum atomic E-state index is -1.46. The lowest BCUT2D eigenvalue weighted by Gasteiger charge is -2.21. The number of hydroxylamine groups is 1. The Hall–Kier alpha value is -0.643. The van der Waals surface area contributed by atoms with E-state index in [0.29, 0.717) is 0 Å². The third kappa shape index (κ3) is 4.04. The zero-order valence-electron chi connectivity index (χ0n) is 9.37. The molecule has 1 rings (SSSR count).